The van der Waals surface area contributed by atoms with Gasteiger partial charge in [-0.15, -0.1) is 0 Å². The molecule has 0 radical (unpaired) electrons. The Morgan fingerprint density at radius 2 is 1.33 bits per heavy atom. The van der Waals surface area contributed by atoms with Gasteiger partial charge in [0.15, 0.2) is 0 Å². The maximum absolute atomic E-state index is 2.66. The lowest BCUT2D eigenvalue weighted by Crippen LogP contribution is -2.30. The van der Waals surface area contributed by atoms with Crippen LogP contribution in [0.2, 0.25) is 0 Å². The fourth-order valence-corrected chi connectivity index (χ4v) is 7.80. The van der Waals surface area contributed by atoms with Crippen molar-refractivity contribution >= 4 is 0 Å². The van der Waals surface area contributed by atoms with Crippen molar-refractivity contribution in [1.29, 1.82) is 0 Å². The molecule has 2 fully saturated rings. The Kier molecular flexibility index (Phi) is 10.2. The number of benzene rings is 1. The van der Waals surface area contributed by atoms with Crippen molar-refractivity contribution in [2.75, 3.05) is 0 Å². The molecule has 0 nitrogen and oxygen atoms in total. The molecular weight excluding hydrogens is 396 g/mol. The molecule has 0 N–H and O–H groups in total. The Labute approximate surface area is 206 Å². The average Bonchev–Trinajstić information content (AvgIpc) is 2.86. The van der Waals surface area contributed by atoms with E-state index in [-0.39, 0.29) is 0 Å². The van der Waals surface area contributed by atoms with Gasteiger partial charge in [-0.3, -0.25) is 0 Å². The smallest absolute Gasteiger partial charge is 0.0159 e. The average molecular weight is 451 g/mol. The van der Waals surface area contributed by atoms with Gasteiger partial charge < -0.3 is 0 Å². The predicted octanol–water partition coefficient (Wildman–Crippen LogP) is 10.4. The molecule has 0 spiro atoms. The summed E-state index contributed by atoms with van der Waals surface area (Å²) in [6.45, 7) is 4.65. The molecule has 0 amide bonds. The summed E-state index contributed by atoms with van der Waals surface area (Å²) < 4.78 is 0. The second-order valence-corrected chi connectivity index (χ2v) is 12.4. The normalized spacial score (nSPS) is 29.5. The largest absolute Gasteiger partial charge is 0.0654 e. The molecule has 1 aromatic rings. The van der Waals surface area contributed by atoms with Crippen molar-refractivity contribution in [3.05, 3.63) is 34.9 Å². The first kappa shape index (κ1) is 25.3. The molecule has 186 valence electrons. The minimum atomic E-state index is 0.856. The second-order valence-electron chi connectivity index (χ2n) is 12.4. The van der Waals surface area contributed by atoms with Crippen LogP contribution in [0.5, 0.6) is 0 Å². The first-order valence-electron chi connectivity index (χ1n) is 15.4. The van der Waals surface area contributed by atoms with Crippen molar-refractivity contribution in [3.8, 4) is 0 Å². The highest BCUT2D eigenvalue weighted by atomic mass is 14.4. The van der Waals surface area contributed by atoms with E-state index in [0.29, 0.717) is 0 Å². The molecule has 5 unspecified atom stereocenters. The third-order valence-electron chi connectivity index (χ3n) is 9.94. The highest BCUT2D eigenvalue weighted by Crippen LogP contribution is 2.48. The zero-order valence-electron chi connectivity index (χ0n) is 22.3. The zero-order chi connectivity index (χ0) is 22.9. The molecule has 0 aliphatic heterocycles. The van der Waals surface area contributed by atoms with Crippen LogP contribution in [0.25, 0.3) is 0 Å². The summed E-state index contributed by atoms with van der Waals surface area (Å²) in [5.41, 5.74) is 5.11. The molecule has 5 atom stereocenters. The topological polar surface area (TPSA) is 0 Å². The summed E-state index contributed by atoms with van der Waals surface area (Å²) in [6.07, 6.45) is 29.2. The van der Waals surface area contributed by atoms with E-state index in [4.69, 9.17) is 0 Å². The highest BCUT2D eigenvalue weighted by molar-refractivity contribution is 5.36. The maximum Gasteiger partial charge on any atom is -0.0159 e. The third kappa shape index (κ3) is 7.35. The van der Waals surface area contributed by atoms with E-state index in [2.05, 4.69) is 32.0 Å². The summed E-state index contributed by atoms with van der Waals surface area (Å²) >= 11 is 0. The Bertz CT molecular complexity index is 687. The standard InChI is InChI=1S/C33H54/c1-3-5-7-9-11-13-27-15-17-31-25-33(21-19-29(31)23-27)32-20-18-28-22-26(12-10-8-6-4-2)14-16-30(28)24-32/h19,21,25-28,30,32H,3-18,20,22-24H2,1-2H3. The van der Waals surface area contributed by atoms with Gasteiger partial charge in [-0.05, 0) is 97.6 Å². The molecule has 0 bridgehead atoms. The van der Waals surface area contributed by atoms with Crippen LogP contribution in [0.1, 0.15) is 152 Å². The lowest BCUT2D eigenvalue weighted by atomic mass is 9.63. The van der Waals surface area contributed by atoms with Crippen molar-refractivity contribution in [1.82, 2.24) is 0 Å². The molecule has 0 heterocycles. The van der Waals surface area contributed by atoms with E-state index < -0.39 is 0 Å². The fraction of sp³-hybridized carbons (Fsp3) is 0.818. The van der Waals surface area contributed by atoms with Crippen molar-refractivity contribution in [2.45, 2.75) is 148 Å². The number of rotatable bonds is 12. The van der Waals surface area contributed by atoms with Gasteiger partial charge in [0.2, 0.25) is 0 Å². The number of hydrogen-bond donors (Lipinski definition) is 0. The Hall–Kier alpha value is -0.780. The molecule has 0 aromatic heterocycles. The SMILES string of the molecule is CCCCCCCC1CCc2cc(C3CCC4CC(CCCCCC)CCC4C3)ccc2C1. The molecule has 3 aliphatic carbocycles. The Morgan fingerprint density at radius 1 is 0.636 bits per heavy atom. The highest BCUT2D eigenvalue weighted by Gasteiger charge is 2.36. The third-order valence-corrected chi connectivity index (χ3v) is 9.94. The predicted molar refractivity (Wildman–Crippen MR) is 145 cm³/mol. The van der Waals surface area contributed by atoms with E-state index in [1.165, 1.54) is 122 Å². The van der Waals surface area contributed by atoms with Gasteiger partial charge in [-0.2, -0.15) is 0 Å². The first-order chi connectivity index (χ1) is 16.3. The second kappa shape index (κ2) is 13.3. The van der Waals surface area contributed by atoms with E-state index in [9.17, 15) is 0 Å². The summed E-state index contributed by atoms with van der Waals surface area (Å²) in [6, 6.07) is 7.76. The Morgan fingerprint density at radius 3 is 2.15 bits per heavy atom. The molecular formula is C33H54. The lowest BCUT2D eigenvalue weighted by Gasteiger charge is -2.42. The summed E-state index contributed by atoms with van der Waals surface area (Å²) in [5, 5.41) is 0. The van der Waals surface area contributed by atoms with E-state index in [1.807, 2.05) is 0 Å². The van der Waals surface area contributed by atoms with Crippen LogP contribution in [0.15, 0.2) is 18.2 Å². The minimum Gasteiger partial charge on any atom is -0.0654 e. The van der Waals surface area contributed by atoms with E-state index in [0.717, 1.165) is 29.6 Å². The first-order valence-corrected chi connectivity index (χ1v) is 15.4. The maximum atomic E-state index is 2.66. The van der Waals surface area contributed by atoms with Crippen molar-refractivity contribution < 1.29 is 0 Å². The summed E-state index contributed by atoms with van der Waals surface area (Å²) in [4.78, 5) is 0. The zero-order valence-corrected chi connectivity index (χ0v) is 22.3. The van der Waals surface area contributed by atoms with Gasteiger partial charge in [0, 0.05) is 0 Å². The van der Waals surface area contributed by atoms with Gasteiger partial charge >= 0.3 is 0 Å². The van der Waals surface area contributed by atoms with Crippen molar-refractivity contribution in [3.63, 3.8) is 0 Å². The molecule has 0 heteroatoms. The number of hydrogen-bond acceptors (Lipinski definition) is 0. The Balaban J connectivity index is 1.23. The van der Waals surface area contributed by atoms with Gasteiger partial charge in [-0.1, -0.05) is 109 Å². The molecule has 2 saturated carbocycles. The quantitative estimate of drug-likeness (QED) is 0.278. The number of aryl methyl sites for hydroxylation is 1. The summed E-state index contributed by atoms with van der Waals surface area (Å²) in [5.74, 6) is 4.96. The lowest BCUT2D eigenvalue weighted by molar-refractivity contribution is 0.113. The molecule has 33 heavy (non-hydrogen) atoms. The van der Waals surface area contributed by atoms with Crippen LogP contribution in [0.3, 0.4) is 0 Å². The van der Waals surface area contributed by atoms with Crippen LogP contribution in [0.4, 0.5) is 0 Å². The monoisotopic (exact) mass is 450 g/mol. The van der Waals surface area contributed by atoms with Crippen molar-refractivity contribution in [2.24, 2.45) is 23.7 Å². The number of unbranched alkanes of at least 4 members (excludes halogenated alkanes) is 7. The number of fused-ring (bicyclic) bond motifs is 2. The molecule has 1 aromatic carbocycles. The minimum absolute atomic E-state index is 0.856. The van der Waals surface area contributed by atoms with Gasteiger partial charge in [0.25, 0.3) is 0 Å². The van der Waals surface area contributed by atoms with Gasteiger partial charge in [0.1, 0.15) is 0 Å². The van der Waals surface area contributed by atoms with E-state index in [1.54, 1.807) is 23.1 Å². The summed E-state index contributed by atoms with van der Waals surface area (Å²) in [7, 11) is 0. The van der Waals surface area contributed by atoms with Crippen LogP contribution in [-0.2, 0) is 12.8 Å². The fourth-order valence-electron chi connectivity index (χ4n) is 7.80. The van der Waals surface area contributed by atoms with Gasteiger partial charge in [-0.25, -0.2) is 0 Å². The van der Waals surface area contributed by atoms with Crippen LogP contribution < -0.4 is 0 Å². The van der Waals surface area contributed by atoms with Gasteiger partial charge in [0.05, 0.1) is 0 Å². The van der Waals surface area contributed by atoms with Crippen LogP contribution >= 0.6 is 0 Å². The van der Waals surface area contributed by atoms with Crippen LogP contribution in [0, 0.1) is 23.7 Å². The molecule has 0 saturated heterocycles. The molecule has 4 rings (SSSR count). The van der Waals surface area contributed by atoms with E-state index >= 15 is 0 Å². The van der Waals surface area contributed by atoms with Crippen LogP contribution in [-0.4, -0.2) is 0 Å². The molecule has 3 aliphatic rings.